The van der Waals surface area contributed by atoms with Crippen LogP contribution in [0.15, 0.2) is 0 Å². The molecule has 1 amide bonds. The van der Waals surface area contributed by atoms with Crippen molar-refractivity contribution in [1.29, 1.82) is 0 Å². The van der Waals surface area contributed by atoms with Gasteiger partial charge in [0.25, 0.3) is 0 Å². The lowest BCUT2D eigenvalue weighted by atomic mass is 10.0. The smallest absolute Gasteiger partial charge is 0.222 e. The second-order valence-electron chi connectivity index (χ2n) is 4.02. The molecule has 13 heavy (non-hydrogen) atoms. The number of nitrogens with zero attached hydrogens (tertiary/aromatic N) is 1. The maximum atomic E-state index is 11.4. The summed E-state index contributed by atoms with van der Waals surface area (Å²) in [6, 6.07) is 0.155. The molecule has 0 N–H and O–H groups in total. The van der Waals surface area contributed by atoms with Gasteiger partial charge in [0, 0.05) is 31.8 Å². The molecule has 1 atom stereocenters. The van der Waals surface area contributed by atoms with Crippen molar-refractivity contribution in [3.05, 3.63) is 0 Å². The minimum atomic E-state index is 0.0871. The molecule has 1 aliphatic heterocycles. The minimum absolute atomic E-state index is 0.0871. The molecule has 0 radical (unpaired) electrons. The molecule has 0 aromatic rings. The van der Waals surface area contributed by atoms with Crippen LogP contribution in [-0.4, -0.2) is 29.7 Å². The number of likely N-dealkylation sites (tertiary alicyclic amines) is 1. The number of hydrogen-bond donors (Lipinski definition) is 0. The van der Waals surface area contributed by atoms with E-state index in [1.165, 1.54) is 0 Å². The van der Waals surface area contributed by atoms with Gasteiger partial charge in [-0.15, -0.1) is 0 Å². The molecule has 0 aliphatic carbocycles. The Morgan fingerprint density at radius 2 is 2.23 bits per heavy atom. The van der Waals surface area contributed by atoms with Gasteiger partial charge in [0.2, 0.25) is 5.91 Å². The van der Waals surface area contributed by atoms with E-state index in [2.05, 4.69) is 0 Å². The van der Waals surface area contributed by atoms with Gasteiger partial charge in [0.1, 0.15) is 5.78 Å². The molecule has 3 nitrogen and oxygen atoms in total. The van der Waals surface area contributed by atoms with Crippen LogP contribution in [0.3, 0.4) is 0 Å². The fourth-order valence-corrected chi connectivity index (χ4v) is 1.57. The van der Waals surface area contributed by atoms with E-state index in [1.54, 1.807) is 11.9 Å². The second kappa shape index (κ2) is 3.90. The van der Waals surface area contributed by atoms with Crippen LogP contribution in [0.4, 0.5) is 0 Å². The van der Waals surface area contributed by atoms with Gasteiger partial charge in [-0.3, -0.25) is 9.59 Å². The molecule has 1 heterocycles. The van der Waals surface area contributed by atoms with Gasteiger partial charge < -0.3 is 4.90 Å². The van der Waals surface area contributed by atoms with Crippen molar-refractivity contribution in [3.63, 3.8) is 0 Å². The van der Waals surface area contributed by atoms with E-state index >= 15 is 0 Å². The summed E-state index contributed by atoms with van der Waals surface area (Å²) in [6.07, 6.45) is 1.97. The van der Waals surface area contributed by atoms with Crippen molar-refractivity contribution in [1.82, 2.24) is 4.90 Å². The van der Waals surface area contributed by atoms with E-state index < -0.39 is 0 Å². The number of ketones is 1. The van der Waals surface area contributed by atoms with E-state index in [0.29, 0.717) is 12.8 Å². The SMILES string of the molecule is CC(C)C(=O)CC1CCC(=O)N1C. The van der Waals surface area contributed by atoms with Crippen LogP contribution in [-0.2, 0) is 9.59 Å². The van der Waals surface area contributed by atoms with Crippen LogP contribution < -0.4 is 0 Å². The van der Waals surface area contributed by atoms with E-state index in [-0.39, 0.29) is 23.7 Å². The lowest BCUT2D eigenvalue weighted by Crippen LogP contribution is -2.31. The number of carbonyl (C=O) groups is 2. The Bertz CT molecular complexity index is 223. The monoisotopic (exact) mass is 183 g/mol. The summed E-state index contributed by atoms with van der Waals surface area (Å²) in [6.45, 7) is 3.80. The molecular formula is C10H17NO2. The Morgan fingerprint density at radius 1 is 1.62 bits per heavy atom. The Labute approximate surface area is 79.1 Å². The molecule has 74 valence electrons. The predicted octanol–water partition coefficient (Wildman–Crippen LogP) is 1.22. The van der Waals surface area contributed by atoms with Crippen LogP contribution in [0.5, 0.6) is 0 Å². The fraction of sp³-hybridized carbons (Fsp3) is 0.800. The highest BCUT2D eigenvalue weighted by Gasteiger charge is 2.29. The molecule has 0 spiro atoms. The normalized spacial score (nSPS) is 22.9. The van der Waals surface area contributed by atoms with E-state index in [0.717, 1.165) is 6.42 Å². The maximum Gasteiger partial charge on any atom is 0.222 e. The Balaban J connectivity index is 2.47. The molecule has 0 aromatic carbocycles. The van der Waals surface area contributed by atoms with Gasteiger partial charge in [-0.25, -0.2) is 0 Å². The summed E-state index contributed by atoms with van der Waals surface area (Å²) < 4.78 is 0. The molecule has 0 saturated carbocycles. The Hall–Kier alpha value is -0.860. The first-order chi connectivity index (χ1) is 6.02. The zero-order valence-electron chi connectivity index (χ0n) is 8.54. The Kier molecular flexibility index (Phi) is 3.07. The third-order valence-electron chi connectivity index (χ3n) is 2.71. The summed E-state index contributed by atoms with van der Waals surface area (Å²) in [5.74, 6) is 0.511. The highest BCUT2D eigenvalue weighted by atomic mass is 16.2. The third-order valence-corrected chi connectivity index (χ3v) is 2.71. The summed E-state index contributed by atoms with van der Waals surface area (Å²) in [5.41, 5.74) is 0. The average Bonchev–Trinajstić information content (AvgIpc) is 2.36. The summed E-state index contributed by atoms with van der Waals surface area (Å²) >= 11 is 0. The Morgan fingerprint density at radius 3 is 2.62 bits per heavy atom. The van der Waals surface area contributed by atoms with E-state index in [9.17, 15) is 9.59 Å². The standard InChI is InChI=1S/C10H17NO2/c1-7(2)9(12)6-8-4-5-10(13)11(8)3/h7-8H,4-6H2,1-3H3. The summed E-state index contributed by atoms with van der Waals surface area (Å²) in [4.78, 5) is 24.3. The van der Waals surface area contributed by atoms with Crippen molar-refractivity contribution < 1.29 is 9.59 Å². The topological polar surface area (TPSA) is 37.4 Å². The molecule has 0 bridgehead atoms. The van der Waals surface area contributed by atoms with Crippen molar-refractivity contribution in [3.8, 4) is 0 Å². The largest absolute Gasteiger partial charge is 0.342 e. The van der Waals surface area contributed by atoms with Gasteiger partial charge >= 0.3 is 0 Å². The predicted molar refractivity (Wildman–Crippen MR) is 50.3 cm³/mol. The van der Waals surface area contributed by atoms with Crippen LogP contribution in [0, 0.1) is 5.92 Å². The zero-order chi connectivity index (χ0) is 10.0. The van der Waals surface area contributed by atoms with Crippen LogP contribution in [0.1, 0.15) is 33.1 Å². The lowest BCUT2D eigenvalue weighted by Gasteiger charge is -2.19. The van der Waals surface area contributed by atoms with Gasteiger partial charge in [-0.1, -0.05) is 13.8 Å². The number of hydrogen-bond acceptors (Lipinski definition) is 2. The third kappa shape index (κ3) is 2.29. The van der Waals surface area contributed by atoms with Crippen molar-refractivity contribution in [2.24, 2.45) is 5.92 Å². The summed E-state index contributed by atoms with van der Waals surface area (Å²) in [7, 11) is 1.79. The maximum absolute atomic E-state index is 11.4. The summed E-state index contributed by atoms with van der Waals surface area (Å²) in [5, 5.41) is 0. The van der Waals surface area contributed by atoms with Gasteiger partial charge in [-0.05, 0) is 6.42 Å². The molecule has 1 saturated heterocycles. The molecular weight excluding hydrogens is 166 g/mol. The first-order valence-electron chi connectivity index (χ1n) is 4.80. The van der Waals surface area contributed by atoms with Crippen LogP contribution >= 0.6 is 0 Å². The van der Waals surface area contributed by atoms with E-state index in [1.807, 2.05) is 13.8 Å². The molecule has 1 unspecified atom stereocenters. The van der Waals surface area contributed by atoms with Crippen LogP contribution in [0.25, 0.3) is 0 Å². The molecule has 1 fully saturated rings. The second-order valence-corrected chi connectivity index (χ2v) is 4.02. The molecule has 1 rings (SSSR count). The van der Waals surface area contributed by atoms with Gasteiger partial charge in [-0.2, -0.15) is 0 Å². The molecule has 3 heteroatoms. The molecule has 0 aromatic heterocycles. The number of Topliss-reactive ketones (excluding diaryl/α,β-unsaturated/α-hetero) is 1. The minimum Gasteiger partial charge on any atom is -0.342 e. The highest BCUT2D eigenvalue weighted by molar-refractivity contribution is 5.83. The number of amides is 1. The highest BCUT2D eigenvalue weighted by Crippen LogP contribution is 2.20. The van der Waals surface area contributed by atoms with Crippen LogP contribution in [0.2, 0.25) is 0 Å². The van der Waals surface area contributed by atoms with Crippen molar-refractivity contribution >= 4 is 11.7 Å². The van der Waals surface area contributed by atoms with Gasteiger partial charge in [0.15, 0.2) is 0 Å². The van der Waals surface area contributed by atoms with Crippen molar-refractivity contribution in [2.75, 3.05) is 7.05 Å². The first-order valence-corrected chi connectivity index (χ1v) is 4.80. The fourth-order valence-electron chi connectivity index (χ4n) is 1.57. The first kappa shape index (κ1) is 10.2. The number of rotatable bonds is 3. The average molecular weight is 183 g/mol. The zero-order valence-corrected chi connectivity index (χ0v) is 8.54. The van der Waals surface area contributed by atoms with Crippen molar-refractivity contribution in [2.45, 2.75) is 39.2 Å². The number of carbonyl (C=O) groups excluding carboxylic acids is 2. The lowest BCUT2D eigenvalue weighted by molar-refractivity contribution is -0.128. The van der Waals surface area contributed by atoms with Gasteiger partial charge in [0.05, 0.1) is 0 Å². The quantitative estimate of drug-likeness (QED) is 0.659. The van der Waals surface area contributed by atoms with E-state index in [4.69, 9.17) is 0 Å². The molecule has 1 aliphatic rings.